The zero-order chi connectivity index (χ0) is 15.0. The van der Waals surface area contributed by atoms with Gasteiger partial charge in [-0.05, 0) is 19.1 Å². The Morgan fingerprint density at radius 2 is 1.85 bits per heavy atom. The number of carbonyl (C=O) groups is 2. The molecule has 0 unspecified atom stereocenters. The fourth-order valence-corrected chi connectivity index (χ4v) is 1.30. The average Bonchev–Trinajstić information content (AvgIpc) is 2.43. The minimum Gasteiger partial charge on any atom is -0.484 e. The van der Waals surface area contributed by atoms with Gasteiger partial charge in [0.2, 0.25) is 5.91 Å². The van der Waals surface area contributed by atoms with Crippen LogP contribution in [0.25, 0.3) is 0 Å². The summed E-state index contributed by atoms with van der Waals surface area (Å²) in [5, 5.41) is 15.4. The number of nitro benzene ring substituents is 1. The third-order valence-corrected chi connectivity index (χ3v) is 2.24. The lowest BCUT2D eigenvalue weighted by Crippen LogP contribution is -2.38. The van der Waals surface area contributed by atoms with E-state index in [9.17, 15) is 19.7 Å². The monoisotopic (exact) mass is 281 g/mol. The molecule has 0 heterocycles. The molecule has 0 radical (unpaired) electrons. The molecule has 1 aromatic rings. The zero-order valence-corrected chi connectivity index (χ0v) is 10.9. The highest BCUT2D eigenvalue weighted by Gasteiger charge is 2.07. The number of carbonyl (C=O) groups excluding carboxylic acids is 2. The van der Waals surface area contributed by atoms with Gasteiger partial charge in [0.25, 0.3) is 11.6 Å². The second-order valence-electron chi connectivity index (χ2n) is 3.77. The molecular formula is C12H15N3O5. The van der Waals surface area contributed by atoms with Gasteiger partial charge in [0, 0.05) is 18.7 Å². The van der Waals surface area contributed by atoms with E-state index in [4.69, 9.17) is 4.74 Å². The van der Waals surface area contributed by atoms with Crippen LogP contribution < -0.4 is 15.4 Å². The van der Waals surface area contributed by atoms with E-state index in [1.54, 1.807) is 6.92 Å². The first-order chi connectivity index (χ1) is 9.52. The van der Waals surface area contributed by atoms with Crippen molar-refractivity contribution >= 4 is 17.5 Å². The van der Waals surface area contributed by atoms with Crippen molar-refractivity contribution < 1.29 is 19.2 Å². The van der Waals surface area contributed by atoms with Gasteiger partial charge in [-0.2, -0.15) is 0 Å². The van der Waals surface area contributed by atoms with Crippen LogP contribution in [0.1, 0.15) is 6.92 Å². The topological polar surface area (TPSA) is 111 Å². The van der Waals surface area contributed by atoms with Gasteiger partial charge >= 0.3 is 0 Å². The average molecular weight is 281 g/mol. The minimum absolute atomic E-state index is 0.0574. The van der Waals surface area contributed by atoms with Crippen molar-refractivity contribution in [3.05, 3.63) is 34.4 Å². The standard InChI is InChI=1S/C12H15N3O5/c1-2-13-11(16)7-14-12(17)8-20-10-5-3-9(4-6-10)15(18)19/h3-6H,2,7-8H2,1H3,(H,13,16)(H,14,17). The Balaban J connectivity index is 2.33. The van der Waals surface area contributed by atoms with Crippen molar-refractivity contribution in [2.45, 2.75) is 6.92 Å². The molecule has 0 saturated heterocycles. The van der Waals surface area contributed by atoms with E-state index in [1.165, 1.54) is 24.3 Å². The van der Waals surface area contributed by atoms with E-state index in [-0.39, 0.29) is 24.7 Å². The van der Waals surface area contributed by atoms with Gasteiger partial charge in [0.1, 0.15) is 5.75 Å². The second-order valence-corrected chi connectivity index (χ2v) is 3.77. The lowest BCUT2D eigenvalue weighted by Gasteiger charge is -2.07. The van der Waals surface area contributed by atoms with Crippen LogP contribution in [0.2, 0.25) is 0 Å². The molecule has 0 fully saturated rings. The largest absolute Gasteiger partial charge is 0.484 e. The number of hydrogen-bond donors (Lipinski definition) is 2. The molecule has 2 N–H and O–H groups in total. The van der Waals surface area contributed by atoms with Crippen LogP contribution >= 0.6 is 0 Å². The van der Waals surface area contributed by atoms with Crippen LogP contribution in [0.3, 0.4) is 0 Å². The highest BCUT2D eigenvalue weighted by Crippen LogP contribution is 2.16. The van der Waals surface area contributed by atoms with Crippen LogP contribution in [0.5, 0.6) is 5.75 Å². The van der Waals surface area contributed by atoms with Crippen LogP contribution in [0.15, 0.2) is 24.3 Å². The van der Waals surface area contributed by atoms with Gasteiger partial charge < -0.3 is 15.4 Å². The summed E-state index contributed by atoms with van der Waals surface area (Å²) in [6, 6.07) is 5.36. The summed E-state index contributed by atoms with van der Waals surface area (Å²) in [6.45, 7) is 1.89. The maximum Gasteiger partial charge on any atom is 0.269 e. The number of ether oxygens (including phenoxy) is 1. The Labute approximate surface area is 115 Å². The molecule has 0 aliphatic heterocycles. The van der Waals surface area contributed by atoms with Gasteiger partial charge in [-0.25, -0.2) is 0 Å². The highest BCUT2D eigenvalue weighted by molar-refractivity contribution is 5.85. The Hall–Kier alpha value is -2.64. The van der Waals surface area contributed by atoms with Crippen molar-refractivity contribution in [3.8, 4) is 5.75 Å². The van der Waals surface area contributed by atoms with Crippen molar-refractivity contribution in [2.24, 2.45) is 0 Å². The number of amides is 2. The molecule has 0 atom stereocenters. The summed E-state index contributed by atoms with van der Waals surface area (Å²) in [4.78, 5) is 32.4. The smallest absolute Gasteiger partial charge is 0.269 e. The molecule has 8 heteroatoms. The molecule has 108 valence electrons. The third kappa shape index (κ3) is 5.34. The Kier molecular flexibility index (Phi) is 5.95. The maximum atomic E-state index is 11.4. The molecule has 0 aliphatic rings. The van der Waals surface area contributed by atoms with Crippen molar-refractivity contribution in [1.82, 2.24) is 10.6 Å². The lowest BCUT2D eigenvalue weighted by atomic mass is 10.3. The number of likely N-dealkylation sites (N-methyl/N-ethyl adjacent to an activating group) is 1. The number of hydrogen-bond acceptors (Lipinski definition) is 5. The summed E-state index contributed by atoms with van der Waals surface area (Å²) in [5.74, 6) is -0.394. The van der Waals surface area contributed by atoms with Gasteiger partial charge in [-0.3, -0.25) is 19.7 Å². The van der Waals surface area contributed by atoms with E-state index in [0.717, 1.165) is 0 Å². The predicted molar refractivity (Wildman–Crippen MR) is 70.3 cm³/mol. The highest BCUT2D eigenvalue weighted by atomic mass is 16.6. The van der Waals surface area contributed by atoms with E-state index >= 15 is 0 Å². The molecule has 20 heavy (non-hydrogen) atoms. The van der Waals surface area contributed by atoms with Crippen LogP contribution in [-0.4, -0.2) is 36.4 Å². The molecule has 0 spiro atoms. The van der Waals surface area contributed by atoms with Crippen molar-refractivity contribution in [1.29, 1.82) is 0 Å². The summed E-state index contributed by atoms with van der Waals surface area (Å²) >= 11 is 0. The Bertz CT molecular complexity index is 486. The molecular weight excluding hydrogens is 266 g/mol. The third-order valence-electron chi connectivity index (χ3n) is 2.24. The van der Waals surface area contributed by atoms with Crippen LogP contribution in [0, 0.1) is 10.1 Å². The molecule has 0 aliphatic carbocycles. The fraction of sp³-hybridized carbons (Fsp3) is 0.333. The van der Waals surface area contributed by atoms with Gasteiger partial charge in [-0.1, -0.05) is 0 Å². The molecule has 0 bridgehead atoms. The molecule has 8 nitrogen and oxygen atoms in total. The number of nitrogens with one attached hydrogen (secondary N) is 2. The first kappa shape index (κ1) is 15.4. The number of rotatable bonds is 7. The molecule has 0 aromatic heterocycles. The van der Waals surface area contributed by atoms with Gasteiger partial charge in [0.05, 0.1) is 11.5 Å². The molecule has 1 rings (SSSR count). The van der Waals surface area contributed by atoms with Gasteiger partial charge in [0.15, 0.2) is 6.61 Å². The quantitative estimate of drug-likeness (QED) is 0.549. The van der Waals surface area contributed by atoms with Crippen molar-refractivity contribution in [2.75, 3.05) is 19.7 Å². The first-order valence-electron chi connectivity index (χ1n) is 5.93. The number of nitro groups is 1. The van der Waals surface area contributed by atoms with Crippen LogP contribution in [-0.2, 0) is 9.59 Å². The summed E-state index contributed by atoms with van der Waals surface area (Å²) < 4.78 is 5.13. The maximum absolute atomic E-state index is 11.4. The zero-order valence-electron chi connectivity index (χ0n) is 10.9. The lowest BCUT2D eigenvalue weighted by molar-refractivity contribution is -0.384. The van der Waals surface area contributed by atoms with Crippen molar-refractivity contribution in [3.63, 3.8) is 0 Å². The Morgan fingerprint density at radius 3 is 2.40 bits per heavy atom. The predicted octanol–water partition coefficient (Wildman–Crippen LogP) is 0.226. The summed E-state index contributed by atoms with van der Waals surface area (Å²) in [6.07, 6.45) is 0. The number of non-ortho nitro benzene ring substituents is 1. The van der Waals surface area contributed by atoms with E-state index in [1.807, 2.05) is 0 Å². The number of benzene rings is 1. The first-order valence-corrected chi connectivity index (χ1v) is 5.93. The van der Waals surface area contributed by atoms with Crippen LogP contribution in [0.4, 0.5) is 5.69 Å². The Morgan fingerprint density at radius 1 is 1.20 bits per heavy atom. The van der Waals surface area contributed by atoms with Gasteiger partial charge in [-0.15, -0.1) is 0 Å². The minimum atomic E-state index is -0.525. The molecule has 1 aromatic carbocycles. The second kappa shape index (κ2) is 7.72. The van der Waals surface area contributed by atoms with E-state index in [2.05, 4.69) is 10.6 Å². The molecule has 2 amide bonds. The number of nitrogens with zero attached hydrogens (tertiary/aromatic N) is 1. The summed E-state index contributed by atoms with van der Waals surface area (Å²) in [7, 11) is 0. The van der Waals surface area contributed by atoms with E-state index < -0.39 is 10.8 Å². The van der Waals surface area contributed by atoms with E-state index in [0.29, 0.717) is 12.3 Å². The summed E-state index contributed by atoms with van der Waals surface area (Å²) in [5.41, 5.74) is -0.0574. The molecule has 0 saturated carbocycles. The fourth-order valence-electron chi connectivity index (χ4n) is 1.30. The SMILES string of the molecule is CCNC(=O)CNC(=O)COc1ccc([N+](=O)[O-])cc1. The normalized spacial score (nSPS) is 9.65.